The minimum absolute atomic E-state index is 0.480. The van der Waals surface area contributed by atoms with E-state index < -0.39 is 0 Å². The van der Waals surface area contributed by atoms with Gasteiger partial charge in [-0.05, 0) is 43.0 Å². The minimum Gasteiger partial charge on any atom is -0.355 e. The van der Waals surface area contributed by atoms with Gasteiger partial charge in [0.15, 0.2) is 5.82 Å². The molecule has 114 valence electrons. The topological polar surface area (TPSA) is 55.7 Å². The molecule has 1 aromatic carbocycles. The summed E-state index contributed by atoms with van der Waals surface area (Å²) in [7, 11) is 0. The molecule has 3 heterocycles. The summed E-state index contributed by atoms with van der Waals surface area (Å²) in [6.07, 6.45) is 1.01. The van der Waals surface area contributed by atoms with Gasteiger partial charge in [-0.25, -0.2) is 4.98 Å². The number of fused-ring (bicyclic) bond motifs is 2. The molecule has 0 saturated carbocycles. The van der Waals surface area contributed by atoms with Crippen LogP contribution >= 0.6 is 0 Å². The van der Waals surface area contributed by atoms with E-state index in [1.54, 1.807) is 0 Å². The fraction of sp³-hybridized carbons (Fsp3) is 0.263. The third-order valence-electron chi connectivity index (χ3n) is 4.82. The second-order valence-corrected chi connectivity index (χ2v) is 6.18. The van der Waals surface area contributed by atoms with Gasteiger partial charge in [0.2, 0.25) is 0 Å². The second kappa shape index (κ2) is 5.13. The van der Waals surface area contributed by atoms with Crippen molar-refractivity contribution in [2.24, 2.45) is 0 Å². The first-order chi connectivity index (χ1) is 11.2. The van der Waals surface area contributed by atoms with E-state index in [-0.39, 0.29) is 0 Å². The Morgan fingerprint density at radius 3 is 2.78 bits per heavy atom. The first-order valence-electron chi connectivity index (χ1n) is 7.89. The molecule has 3 aromatic rings. The third kappa shape index (κ3) is 2.17. The number of anilines is 1. The number of nitriles is 1. The number of benzene rings is 1. The summed E-state index contributed by atoms with van der Waals surface area (Å²) < 4.78 is 0. The van der Waals surface area contributed by atoms with Gasteiger partial charge in [-0.1, -0.05) is 24.3 Å². The molecule has 0 bridgehead atoms. The molecule has 0 spiro atoms. The van der Waals surface area contributed by atoms with Crippen molar-refractivity contribution in [2.45, 2.75) is 26.8 Å². The van der Waals surface area contributed by atoms with Crippen LogP contribution in [0.1, 0.15) is 28.1 Å². The van der Waals surface area contributed by atoms with Crippen LogP contribution in [-0.2, 0) is 13.0 Å². The van der Waals surface area contributed by atoms with Crippen molar-refractivity contribution < 1.29 is 0 Å². The zero-order chi connectivity index (χ0) is 16.0. The normalized spacial score (nSPS) is 13.9. The van der Waals surface area contributed by atoms with Crippen LogP contribution in [0.4, 0.5) is 5.82 Å². The van der Waals surface area contributed by atoms with Gasteiger partial charge in [0, 0.05) is 24.2 Å². The summed E-state index contributed by atoms with van der Waals surface area (Å²) in [5.41, 5.74) is 6.60. The quantitative estimate of drug-likeness (QED) is 0.747. The standard InChI is InChI=1S/C19H18N4/c1-12-13(2)21-18-17(12)9-16(10-20)22-19(18)23-8-7-14-5-3-4-6-15(14)11-23/h3-6,9,21H,7-8,11H2,1-2H3. The summed E-state index contributed by atoms with van der Waals surface area (Å²) in [5, 5.41) is 10.4. The number of aromatic nitrogens is 2. The molecule has 1 aliphatic rings. The van der Waals surface area contributed by atoms with E-state index >= 15 is 0 Å². The largest absolute Gasteiger partial charge is 0.355 e. The monoisotopic (exact) mass is 302 g/mol. The van der Waals surface area contributed by atoms with Gasteiger partial charge in [-0.15, -0.1) is 0 Å². The molecule has 0 amide bonds. The summed E-state index contributed by atoms with van der Waals surface area (Å²) >= 11 is 0. The van der Waals surface area contributed by atoms with E-state index in [9.17, 15) is 5.26 Å². The van der Waals surface area contributed by atoms with Gasteiger partial charge in [-0.2, -0.15) is 5.26 Å². The third-order valence-corrected chi connectivity index (χ3v) is 4.82. The molecule has 0 unspecified atom stereocenters. The van der Waals surface area contributed by atoms with Gasteiger partial charge >= 0.3 is 0 Å². The molecule has 4 nitrogen and oxygen atoms in total. The number of nitrogens with one attached hydrogen (secondary N) is 1. The summed E-state index contributed by atoms with van der Waals surface area (Å²) in [6.45, 7) is 5.91. The van der Waals surface area contributed by atoms with Crippen molar-refractivity contribution in [3.05, 3.63) is 58.4 Å². The molecule has 1 N–H and O–H groups in total. The predicted octanol–water partition coefficient (Wildman–Crippen LogP) is 3.61. The van der Waals surface area contributed by atoms with E-state index in [2.05, 4.69) is 59.1 Å². The van der Waals surface area contributed by atoms with E-state index in [0.29, 0.717) is 5.69 Å². The Hall–Kier alpha value is -2.80. The van der Waals surface area contributed by atoms with Crippen molar-refractivity contribution in [1.82, 2.24) is 9.97 Å². The van der Waals surface area contributed by atoms with Crippen molar-refractivity contribution in [3.8, 4) is 6.07 Å². The van der Waals surface area contributed by atoms with E-state index in [1.165, 1.54) is 16.7 Å². The molecule has 0 saturated heterocycles. The first-order valence-corrected chi connectivity index (χ1v) is 7.89. The van der Waals surface area contributed by atoms with Crippen LogP contribution in [0.2, 0.25) is 0 Å². The van der Waals surface area contributed by atoms with E-state index in [0.717, 1.165) is 41.9 Å². The Labute approximate surface area is 135 Å². The van der Waals surface area contributed by atoms with Gasteiger partial charge in [-0.3, -0.25) is 0 Å². The van der Waals surface area contributed by atoms with Gasteiger partial charge in [0.1, 0.15) is 11.8 Å². The molecule has 0 radical (unpaired) electrons. The van der Waals surface area contributed by atoms with Crippen LogP contribution in [0.5, 0.6) is 0 Å². The molecule has 0 atom stereocenters. The lowest BCUT2D eigenvalue weighted by Crippen LogP contribution is -2.31. The van der Waals surface area contributed by atoms with Crippen molar-refractivity contribution in [1.29, 1.82) is 5.26 Å². The smallest absolute Gasteiger partial charge is 0.154 e. The van der Waals surface area contributed by atoms with Gasteiger partial charge in [0.05, 0.1) is 5.52 Å². The molecule has 0 fully saturated rings. The lowest BCUT2D eigenvalue weighted by atomic mass is 10.00. The number of hydrogen-bond donors (Lipinski definition) is 1. The number of aryl methyl sites for hydroxylation is 2. The van der Waals surface area contributed by atoms with Crippen LogP contribution < -0.4 is 4.90 Å². The number of hydrogen-bond acceptors (Lipinski definition) is 3. The Balaban J connectivity index is 1.86. The minimum atomic E-state index is 0.480. The van der Waals surface area contributed by atoms with Gasteiger partial charge < -0.3 is 9.88 Å². The van der Waals surface area contributed by atoms with Crippen LogP contribution in [0.3, 0.4) is 0 Å². The van der Waals surface area contributed by atoms with Crippen molar-refractivity contribution >= 4 is 16.7 Å². The average Bonchev–Trinajstić information content (AvgIpc) is 2.88. The molecule has 4 rings (SSSR count). The lowest BCUT2D eigenvalue weighted by Gasteiger charge is -2.30. The number of aromatic amines is 1. The lowest BCUT2D eigenvalue weighted by molar-refractivity contribution is 0.723. The average molecular weight is 302 g/mol. The Morgan fingerprint density at radius 1 is 1.22 bits per heavy atom. The maximum Gasteiger partial charge on any atom is 0.154 e. The highest BCUT2D eigenvalue weighted by Gasteiger charge is 2.21. The summed E-state index contributed by atoms with van der Waals surface area (Å²) in [6, 6.07) is 12.6. The Bertz CT molecular complexity index is 946. The predicted molar refractivity (Wildman–Crippen MR) is 91.5 cm³/mol. The fourth-order valence-corrected chi connectivity index (χ4v) is 3.40. The highest BCUT2D eigenvalue weighted by Crippen LogP contribution is 2.32. The molecule has 1 aliphatic heterocycles. The Kier molecular flexibility index (Phi) is 3.09. The molecule has 2 aromatic heterocycles. The van der Waals surface area contributed by atoms with Crippen LogP contribution in [0.15, 0.2) is 30.3 Å². The molecule has 4 heteroatoms. The fourth-order valence-electron chi connectivity index (χ4n) is 3.40. The van der Waals surface area contributed by atoms with Crippen molar-refractivity contribution in [3.63, 3.8) is 0 Å². The Morgan fingerprint density at radius 2 is 2.00 bits per heavy atom. The number of nitrogens with zero attached hydrogens (tertiary/aromatic N) is 3. The second-order valence-electron chi connectivity index (χ2n) is 6.18. The number of H-pyrrole nitrogens is 1. The maximum absolute atomic E-state index is 9.33. The van der Waals surface area contributed by atoms with Crippen molar-refractivity contribution in [2.75, 3.05) is 11.4 Å². The van der Waals surface area contributed by atoms with Crippen LogP contribution in [-0.4, -0.2) is 16.5 Å². The molecule has 23 heavy (non-hydrogen) atoms. The van der Waals surface area contributed by atoms with Crippen LogP contribution in [0.25, 0.3) is 10.9 Å². The maximum atomic E-state index is 9.33. The zero-order valence-electron chi connectivity index (χ0n) is 13.3. The molecule has 0 aliphatic carbocycles. The van der Waals surface area contributed by atoms with E-state index in [1.807, 2.05) is 6.07 Å². The highest BCUT2D eigenvalue weighted by atomic mass is 15.2. The number of rotatable bonds is 1. The summed E-state index contributed by atoms with van der Waals surface area (Å²) in [5.74, 6) is 0.893. The SMILES string of the molecule is Cc1[nH]c2c(N3CCc4ccccc4C3)nc(C#N)cc2c1C. The number of pyridine rings is 1. The highest BCUT2D eigenvalue weighted by molar-refractivity contribution is 5.93. The zero-order valence-corrected chi connectivity index (χ0v) is 13.3. The summed E-state index contributed by atoms with van der Waals surface area (Å²) in [4.78, 5) is 10.3. The molecular weight excluding hydrogens is 284 g/mol. The van der Waals surface area contributed by atoms with Crippen LogP contribution in [0, 0.1) is 25.2 Å². The molecular formula is C19H18N4. The van der Waals surface area contributed by atoms with E-state index in [4.69, 9.17) is 0 Å². The van der Waals surface area contributed by atoms with Gasteiger partial charge in [0.25, 0.3) is 0 Å². The first kappa shape index (κ1) is 13.8.